The molecule has 0 aliphatic heterocycles. The molecule has 2 rings (SSSR count). The number of halogens is 1. The van der Waals surface area contributed by atoms with Gasteiger partial charge in [-0.25, -0.2) is 4.99 Å². The standard InChI is InChI=1S/C18H22ClN3S/c1-3-14-7-6-8-15(13-14)22(2)18(20)21-16-9-4-5-10-17(16)23-12-11-19/h4-10,13H,3,11-12H2,1-2H3,(H2,20,21). The zero-order valence-corrected chi connectivity index (χ0v) is 15.1. The van der Waals surface area contributed by atoms with Gasteiger partial charge in [-0.2, -0.15) is 0 Å². The number of aliphatic imine (C=N–C) groups is 1. The summed E-state index contributed by atoms with van der Waals surface area (Å²) in [4.78, 5) is 7.59. The molecule has 0 aliphatic carbocycles. The predicted octanol–water partition coefficient (Wildman–Crippen LogP) is 4.66. The fraction of sp³-hybridized carbons (Fsp3) is 0.278. The molecule has 0 aliphatic rings. The van der Waals surface area contributed by atoms with E-state index in [1.807, 2.05) is 48.3 Å². The topological polar surface area (TPSA) is 41.6 Å². The van der Waals surface area contributed by atoms with Gasteiger partial charge in [-0.1, -0.05) is 31.2 Å². The third-order valence-electron chi connectivity index (χ3n) is 3.48. The summed E-state index contributed by atoms with van der Waals surface area (Å²) in [6.07, 6.45) is 0.997. The second kappa shape index (κ2) is 8.85. The lowest BCUT2D eigenvalue weighted by Gasteiger charge is -2.19. The summed E-state index contributed by atoms with van der Waals surface area (Å²) >= 11 is 7.47. The Balaban J connectivity index is 2.24. The number of nitrogens with two attached hydrogens (primary N) is 1. The van der Waals surface area contributed by atoms with Crippen molar-refractivity contribution >= 4 is 40.7 Å². The van der Waals surface area contributed by atoms with Crippen LogP contribution in [0.1, 0.15) is 12.5 Å². The van der Waals surface area contributed by atoms with E-state index in [9.17, 15) is 0 Å². The number of alkyl halides is 1. The van der Waals surface area contributed by atoms with Crippen LogP contribution in [-0.4, -0.2) is 24.6 Å². The van der Waals surface area contributed by atoms with Gasteiger partial charge in [-0.05, 0) is 36.2 Å². The van der Waals surface area contributed by atoms with Crippen molar-refractivity contribution in [3.8, 4) is 0 Å². The Bertz CT molecular complexity index is 673. The fourth-order valence-corrected chi connectivity index (χ4v) is 3.10. The molecule has 0 bridgehead atoms. The quantitative estimate of drug-likeness (QED) is 0.357. The number of para-hydroxylation sites is 1. The molecule has 3 nitrogen and oxygen atoms in total. The number of hydrogen-bond donors (Lipinski definition) is 1. The number of thioether (sulfide) groups is 1. The first-order valence-electron chi connectivity index (χ1n) is 7.60. The molecule has 2 aromatic rings. The molecule has 0 fully saturated rings. The first-order valence-corrected chi connectivity index (χ1v) is 9.12. The van der Waals surface area contributed by atoms with E-state index < -0.39 is 0 Å². The molecule has 2 N–H and O–H groups in total. The monoisotopic (exact) mass is 347 g/mol. The minimum Gasteiger partial charge on any atom is -0.369 e. The Morgan fingerprint density at radius 2 is 2.00 bits per heavy atom. The molecule has 5 heteroatoms. The highest BCUT2D eigenvalue weighted by Gasteiger charge is 2.08. The SMILES string of the molecule is CCc1cccc(N(C)C(N)=Nc2ccccc2SCCCl)c1. The second-order valence-corrected chi connectivity index (χ2v) is 6.57. The van der Waals surface area contributed by atoms with Crippen LogP contribution in [0.25, 0.3) is 0 Å². The van der Waals surface area contributed by atoms with E-state index >= 15 is 0 Å². The molecule has 0 aromatic heterocycles. The number of anilines is 1. The first kappa shape index (κ1) is 17.7. The minimum atomic E-state index is 0.470. The van der Waals surface area contributed by atoms with Gasteiger partial charge in [0.15, 0.2) is 0 Å². The number of hydrogen-bond acceptors (Lipinski definition) is 2. The third kappa shape index (κ3) is 4.91. The molecule has 2 aromatic carbocycles. The average molecular weight is 348 g/mol. The van der Waals surface area contributed by atoms with Gasteiger partial charge in [0.1, 0.15) is 0 Å². The Hall–Kier alpha value is -1.65. The van der Waals surface area contributed by atoms with E-state index in [0.717, 1.165) is 28.4 Å². The number of rotatable bonds is 6. The van der Waals surface area contributed by atoms with Crippen molar-refractivity contribution < 1.29 is 0 Å². The molecular weight excluding hydrogens is 326 g/mol. The predicted molar refractivity (Wildman–Crippen MR) is 103 cm³/mol. The maximum absolute atomic E-state index is 6.21. The van der Waals surface area contributed by atoms with Crippen LogP contribution in [0.2, 0.25) is 0 Å². The molecule has 0 spiro atoms. The van der Waals surface area contributed by atoms with Crippen molar-refractivity contribution in [3.05, 3.63) is 54.1 Å². The second-order valence-electron chi connectivity index (χ2n) is 5.06. The minimum absolute atomic E-state index is 0.470. The molecule has 0 saturated heterocycles. The average Bonchev–Trinajstić information content (AvgIpc) is 2.60. The number of aryl methyl sites for hydroxylation is 1. The normalized spacial score (nSPS) is 11.5. The molecule has 0 heterocycles. The van der Waals surface area contributed by atoms with Crippen molar-refractivity contribution in [3.63, 3.8) is 0 Å². The molecule has 0 unspecified atom stereocenters. The van der Waals surface area contributed by atoms with Gasteiger partial charge in [-0.3, -0.25) is 0 Å². The summed E-state index contributed by atoms with van der Waals surface area (Å²) < 4.78 is 0. The van der Waals surface area contributed by atoms with Crippen molar-refractivity contribution in [2.24, 2.45) is 10.7 Å². The summed E-state index contributed by atoms with van der Waals surface area (Å²) in [6, 6.07) is 16.3. The van der Waals surface area contributed by atoms with Crippen LogP contribution >= 0.6 is 23.4 Å². The van der Waals surface area contributed by atoms with Crippen LogP contribution in [-0.2, 0) is 6.42 Å². The Morgan fingerprint density at radius 1 is 1.22 bits per heavy atom. The molecule has 0 amide bonds. The van der Waals surface area contributed by atoms with Gasteiger partial charge in [0, 0.05) is 29.3 Å². The van der Waals surface area contributed by atoms with Gasteiger partial charge >= 0.3 is 0 Å². The molecule has 23 heavy (non-hydrogen) atoms. The van der Waals surface area contributed by atoms with E-state index in [1.54, 1.807) is 11.8 Å². The summed E-state index contributed by atoms with van der Waals surface area (Å²) in [5.41, 5.74) is 9.40. The van der Waals surface area contributed by atoms with Crippen molar-refractivity contribution in [2.75, 3.05) is 23.6 Å². The fourth-order valence-electron chi connectivity index (χ4n) is 2.14. The molecule has 0 saturated carbocycles. The Morgan fingerprint density at radius 3 is 2.74 bits per heavy atom. The molecular formula is C18H22ClN3S. The van der Waals surface area contributed by atoms with Crippen LogP contribution in [0.5, 0.6) is 0 Å². The van der Waals surface area contributed by atoms with Gasteiger partial charge < -0.3 is 10.6 Å². The molecule has 0 atom stereocenters. The third-order valence-corrected chi connectivity index (χ3v) is 4.96. The van der Waals surface area contributed by atoms with E-state index in [0.29, 0.717) is 11.8 Å². The number of nitrogens with zero attached hydrogens (tertiary/aromatic N) is 2. The Labute approximate surface area is 147 Å². The van der Waals surface area contributed by atoms with Crippen molar-refractivity contribution in [2.45, 2.75) is 18.2 Å². The van der Waals surface area contributed by atoms with Crippen LogP contribution in [0.3, 0.4) is 0 Å². The maximum Gasteiger partial charge on any atom is 0.200 e. The lowest BCUT2D eigenvalue weighted by molar-refractivity contribution is 1.13. The first-order chi connectivity index (χ1) is 11.2. The number of benzene rings is 2. The van der Waals surface area contributed by atoms with Gasteiger partial charge in [0.05, 0.1) is 5.69 Å². The lowest BCUT2D eigenvalue weighted by atomic mass is 10.1. The van der Waals surface area contributed by atoms with E-state index in [4.69, 9.17) is 17.3 Å². The lowest BCUT2D eigenvalue weighted by Crippen LogP contribution is -2.33. The van der Waals surface area contributed by atoms with Crippen molar-refractivity contribution in [1.29, 1.82) is 0 Å². The zero-order chi connectivity index (χ0) is 16.7. The van der Waals surface area contributed by atoms with Gasteiger partial charge in [0.25, 0.3) is 0 Å². The molecule has 0 radical (unpaired) electrons. The highest BCUT2D eigenvalue weighted by Crippen LogP contribution is 2.29. The summed E-state index contributed by atoms with van der Waals surface area (Å²) in [7, 11) is 1.93. The van der Waals surface area contributed by atoms with E-state index in [2.05, 4.69) is 24.0 Å². The van der Waals surface area contributed by atoms with Gasteiger partial charge in [-0.15, -0.1) is 23.4 Å². The zero-order valence-electron chi connectivity index (χ0n) is 13.5. The van der Waals surface area contributed by atoms with Crippen molar-refractivity contribution in [1.82, 2.24) is 0 Å². The smallest absolute Gasteiger partial charge is 0.200 e. The van der Waals surface area contributed by atoms with E-state index in [1.165, 1.54) is 5.56 Å². The highest BCUT2D eigenvalue weighted by atomic mass is 35.5. The summed E-state index contributed by atoms with van der Waals surface area (Å²) in [5.74, 6) is 1.93. The van der Waals surface area contributed by atoms with E-state index in [-0.39, 0.29) is 0 Å². The summed E-state index contributed by atoms with van der Waals surface area (Å²) in [6.45, 7) is 2.14. The Kier molecular flexibility index (Phi) is 6.81. The van der Waals surface area contributed by atoms with Crippen LogP contribution in [0.15, 0.2) is 58.4 Å². The number of guanidine groups is 1. The summed E-state index contributed by atoms with van der Waals surface area (Å²) in [5, 5.41) is 0. The largest absolute Gasteiger partial charge is 0.369 e. The molecule has 122 valence electrons. The van der Waals surface area contributed by atoms with Crippen LogP contribution in [0.4, 0.5) is 11.4 Å². The van der Waals surface area contributed by atoms with Gasteiger partial charge in [0.2, 0.25) is 5.96 Å². The highest BCUT2D eigenvalue weighted by molar-refractivity contribution is 7.99. The van der Waals surface area contributed by atoms with Crippen LogP contribution < -0.4 is 10.6 Å². The van der Waals surface area contributed by atoms with Crippen LogP contribution in [0, 0.1) is 0 Å². The maximum atomic E-state index is 6.21.